The number of hydrogen-bond acceptors (Lipinski definition) is 4. The Morgan fingerprint density at radius 2 is 1.90 bits per heavy atom. The van der Waals surface area contributed by atoms with Gasteiger partial charge in [0.15, 0.2) is 11.4 Å². The third-order valence-electron chi connectivity index (χ3n) is 3.05. The van der Waals surface area contributed by atoms with Crippen molar-refractivity contribution >= 4 is 22.8 Å². The normalized spacial score (nSPS) is 11.4. The number of thiazole rings is 1. The number of carbonyl (C=O) groups excluding carboxylic acids is 1. The summed E-state index contributed by atoms with van der Waals surface area (Å²) in [7, 11) is 2.01. The molecule has 1 heterocycles. The van der Waals surface area contributed by atoms with Crippen LogP contribution in [0.3, 0.4) is 0 Å². The van der Waals surface area contributed by atoms with Crippen LogP contribution in [0.4, 0.5) is 5.13 Å². The van der Waals surface area contributed by atoms with Crippen molar-refractivity contribution in [1.29, 1.82) is 0 Å². The second-order valence-corrected chi connectivity index (χ2v) is 6.93. The summed E-state index contributed by atoms with van der Waals surface area (Å²) in [5, 5.41) is 0.890. The summed E-state index contributed by atoms with van der Waals surface area (Å²) in [4.78, 5) is 18.7. The first kappa shape index (κ1) is 14.7. The monoisotopic (exact) mass is 288 g/mol. The molecular formula is C16H20N2OS. The van der Waals surface area contributed by atoms with Crippen LogP contribution < -0.4 is 4.90 Å². The van der Waals surface area contributed by atoms with Gasteiger partial charge in [0, 0.05) is 19.0 Å². The van der Waals surface area contributed by atoms with Gasteiger partial charge in [-0.15, -0.1) is 0 Å². The summed E-state index contributed by atoms with van der Waals surface area (Å²) < 4.78 is 0. The molecule has 1 aromatic carbocycles. The minimum atomic E-state index is -0.113. The Morgan fingerprint density at radius 1 is 1.25 bits per heavy atom. The van der Waals surface area contributed by atoms with Crippen molar-refractivity contribution in [1.82, 2.24) is 4.98 Å². The fraction of sp³-hybridized carbons (Fsp3) is 0.375. The Labute approximate surface area is 124 Å². The van der Waals surface area contributed by atoms with Crippen LogP contribution >= 0.6 is 11.3 Å². The lowest BCUT2D eigenvalue weighted by Crippen LogP contribution is -2.18. The number of aldehydes is 1. The molecule has 0 atom stereocenters. The summed E-state index contributed by atoms with van der Waals surface area (Å²) >= 11 is 1.46. The van der Waals surface area contributed by atoms with Crippen LogP contribution in [0.2, 0.25) is 0 Å². The topological polar surface area (TPSA) is 33.2 Å². The van der Waals surface area contributed by atoms with Crippen LogP contribution in [0.15, 0.2) is 30.3 Å². The highest BCUT2D eigenvalue weighted by Crippen LogP contribution is 2.32. The van der Waals surface area contributed by atoms with E-state index in [1.807, 2.05) is 25.2 Å². The number of rotatable bonds is 4. The van der Waals surface area contributed by atoms with Gasteiger partial charge >= 0.3 is 0 Å². The summed E-state index contributed by atoms with van der Waals surface area (Å²) in [5.74, 6) is 0. The quantitative estimate of drug-likeness (QED) is 0.800. The number of anilines is 1. The summed E-state index contributed by atoms with van der Waals surface area (Å²) in [6.07, 6.45) is 0.915. The van der Waals surface area contributed by atoms with Crippen LogP contribution in [0.1, 0.15) is 41.7 Å². The lowest BCUT2D eigenvalue weighted by atomic mass is 9.91. The van der Waals surface area contributed by atoms with Gasteiger partial charge in [0.05, 0.1) is 10.6 Å². The molecule has 4 heteroatoms. The highest BCUT2D eigenvalue weighted by atomic mass is 32.1. The molecule has 0 spiro atoms. The van der Waals surface area contributed by atoms with Crippen LogP contribution in [-0.4, -0.2) is 18.3 Å². The molecule has 1 aromatic heterocycles. The maximum atomic E-state index is 11.2. The lowest BCUT2D eigenvalue weighted by molar-refractivity contribution is 0.112. The Kier molecular flexibility index (Phi) is 4.23. The van der Waals surface area contributed by atoms with E-state index in [0.29, 0.717) is 0 Å². The minimum Gasteiger partial charge on any atom is -0.347 e. The predicted molar refractivity (Wildman–Crippen MR) is 84.8 cm³/mol. The van der Waals surface area contributed by atoms with Crippen molar-refractivity contribution in [2.75, 3.05) is 11.9 Å². The Balaban J connectivity index is 2.25. The third-order valence-corrected chi connectivity index (χ3v) is 4.14. The van der Waals surface area contributed by atoms with Gasteiger partial charge in [-0.1, -0.05) is 62.4 Å². The smallest absolute Gasteiger partial charge is 0.186 e. The molecule has 0 aliphatic rings. The molecule has 0 bridgehead atoms. The second-order valence-electron chi connectivity index (χ2n) is 5.92. The average molecular weight is 288 g/mol. The molecule has 0 N–H and O–H groups in total. The predicted octanol–water partition coefficient (Wildman–Crippen LogP) is 3.89. The molecule has 0 fully saturated rings. The number of carbonyl (C=O) groups is 1. The molecule has 0 saturated carbocycles. The maximum absolute atomic E-state index is 11.2. The molecular weight excluding hydrogens is 268 g/mol. The highest BCUT2D eigenvalue weighted by Gasteiger charge is 2.24. The second kappa shape index (κ2) is 5.75. The van der Waals surface area contributed by atoms with E-state index in [1.54, 1.807) is 0 Å². The van der Waals surface area contributed by atoms with E-state index >= 15 is 0 Å². The van der Waals surface area contributed by atoms with E-state index < -0.39 is 0 Å². The van der Waals surface area contributed by atoms with Crippen molar-refractivity contribution in [3.05, 3.63) is 46.5 Å². The lowest BCUT2D eigenvalue weighted by Gasteiger charge is -2.17. The van der Waals surface area contributed by atoms with Gasteiger partial charge in [0.25, 0.3) is 0 Å². The summed E-state index contributed by atoms with van der Waals surface area (Å²) in [6, 6.07) is 10.3. The first-order valence-electron chi connectivity index (χ1n) is 6.63. The van der Waals surface area contributed by atoms with Gasteiger partial charge in [0.2, 0.25) is 0 Å². The zero-order valence-corrected chi connectivity index (χ0v) is 13.2. The Bertz CT molecular complexity index is 584. The molecule has 2 rings (SSSR count). The third kappa shape index (κ3) is 3.25. The fourth-order valence-corrected chi connectivity index (χ4v) is 3.08. The van der Waals surface area contributed by atoms with Crippen molar-refractivity contribution < 1.29 is 4.79 Å². The van der Waals surface area contributed by atoms with Gasteiger partial charge in [0.1, 0.15) is 0 Å². The van der Waals surface area contributed by atoms with Gasteiger partial charge < -0.3 is 4.90 Å². The van der Waals surface area contributed by atoms with Gasteiger partial charge in [-0.2, -0.15) is 0 Å². The largest absolute Gasteiger partial charge is 0.347 e. The minimum absolute atomic E-state index is 0.113. The summed E-state index contributed by atoms with van der Waals surface area (Å²) in [5.41, 5.74) is 2.00. The van der Waals surface area contributed by atoms with Crippen molar-refractivity contribution in [2.24, 2.45) is 0 Å². The molecule has 0 unspecified atom stereocenters. The molecule has 0 radical (unpaired) electrons. The van der Waals surface area contributed by atoms with Gasteiger partial charge in [-0.3, -0.25) is 4.79 Å². The number of benzene rings is 1. The van der Waals surface area contributed by atoms with Crippen LogP contribution in [0.5, 0.6) is 0 Å². The van der Waals surface area contributed by atoms with E-state index in [9.17, 15) is 4.79 Å². The van der Waals surface area contributed by atoms with Crippen LogP contribution in [0.25, 0.3) is 0 Å². The SMILES string of the molecule is CN(Cc1ccccc1)c1nc(C(C)(C)C)c(C=O)s1. The van der Waals surface area contributed by atoms with E-state index in [0.717, 1.165) is 28.5 Å². The van der Waals surface area contributed by atoms with Gasteiger partial charge in [-0.25, -0.2) is 4.98 Å². The zero-order chi connectivity index (χ0) is 14.8. The number of nitrogens with zero attached hydrogens (tertiary/aromatic N) is 2. The molecule has 20 heavy (non-hydrogen) atoms. The molecule has 0 aliphatic heterocycles. The molecule has 0 saturated heterocycles. The fourth-order valence-electron chi connectivity index (χ4n) is 2.03. The van der Waals surface area contributed by atoms with E-state index in [4.69, 9.17) is 0 Å². The van der Waals surface area contributed by atoms with E-state index in [1.165, 1.54) is 16.9 Å². The zero-order valence-electron chi connectivity index (χ0n) is 12.4. The van der Waals surface area contributed by atoms with E-state index in [2.05, 4.69) is 42.8 Å². The Hall–Kier alpha value is -1.68. The van der Waals surface area contributed by atoms with E-state index in [-0.39, 0.29) is 5.41 Å². The molecule has 3 nitrogen and oxygen atoms in total. The molecule has 0 aliphatic carbocycles. The van der Waals surface area contributed by atoms with Crippen LogP contribution in [0, 0.1) is 0 Å². The molecule has 106 valence electrons. The first-order valence-corrected chi connectivity index (χ1v) is 7.45. The van der Waals surface area contributed by atoms with Gasteiger partial charge in [-0.05, 0) is 5.56 Å². The van der Waals surface area contributed by atoms with Crippen LogP contribution in [-0.2, 0) is 12.0 Å². The molecule has 0 amide bonds. The maximum Gasteiger partial charge on any atom is 0.186 e. The first-order chi connectivity index (χ1) is 9.41. The van der Waals surface area contributed by atoms with Crippen molar-refractivity contribution in [3.63, 3.8) is 0 Å². The Morgan fingerprint density at radius 3 is 2.40 bits per heavy atom. The average Bonchev–Trinajstić information content (AvgIpc) is 2.84. The van der Waals surface area contributed by atoms with Crippen molar-refractivity contribution in [3.8, 4) is 0 Å². The number of hydrogen-bond donors (Lipinski definition) is 0. The highest BCUT2D eigenvalue weighted by molar-refractivity contribution is 7.17. The molecule has 2 aromatic rings. The summed E-state index contributed by atoms with van der Waals surface area (Å²) in [6.45, 7) is 7.03. The van der Waals surface area contributed by atoms with Crippen molar-refractivity contribution in [2.45, 2.75) is 32.7 Å². The number of aromatic nitrogens is 1. The standard InChI is InChI=1S/C16H20N2OS/c1-16(2,3)14-13(11-19)20-15(17-14)18(4)10-12-8-6-5-7-9-12/h5-9,11H,10H2,1-4H3.